The molecule has 1 N–H and O–H groups in total. The van der Waals surface area contributed by atoms with Crippen LogP contribution in [0.5, 0.6) is 0 Å². The van der Waals surface area contributed by atoms with E-state index < -0.39 is 36.3 Å². The molecule has 144 valence electrons. The van der Waals surface area contributed by atoms with Crippen molar-refractivity contribution in [1.82, 2.24) is 4.90 Å². The third kappa shape index (κ3) is 3.51. The number of fused-ring (bicyclic) bond motifs is 1. The average Bonchev–Trinajstić information content (AvgIpc) is 2.93. The molecule has 0 radical (unpaired) electrons. The summed E-state index contributed by atoms with van der Waals surface area (Å²) in [5, 5.41) is 2.71. The number of hydrogen-bond acceptors (Lipinski definition) is 5. The van der Waals surface area contributed by atoms with Gasteiger partial charge in [0.2, 0.25) is 0 Å². The predicted molar refractivity (Wildman–Crippen MR) is 102 cm³/mol. The molecule has 2 aromatic rings. The number of carbonyl (C=O) groups is 4. The summed E-state index contributed by atoms with van der Waals surface area (Å²) in [7, 11) is 0. The summed E-state index contributed by atoms with van der Waals surface area (Å²) >= 11 is 0. The highest BCUT2D eigenvalue weighted by molar-refractivity contribution is 6.22. The van der Waals surface area contributed by atoms with Crippen LogP contribution in [-0.2, 0) is 14.3 Å². The van der Waals surface area contributed by atoms with Gasteiger partial charge < -0.3 is 10.1 Å². The minimum Gasteiger partial charge on any atom is -0.454 e. The number of ether oxygens (including phenoxy) is 1. The van der Waals surface area contributed by atoms with Gasteiger partial charge in [0.05, 0.1) is 11.1 Å². The highest BCUT2D eigenvalue weighted by atomic mass is 16.5. The molecule has 0 spiro atoms. The molecule has 28 heavy (non-hydrogen) atoms. The first-order chi connectivity index (χ1) is 13.3. The van der Waals surface area contributed by atoms with Crippen molar-refractivity contribution in [3.63, 3.8) is 0 Å². The summed E-state index contributed by atoms with van der Waals surface area (Å²) in [6.07, 6.45) is 0. The van der Waals surface area contributed by atoms with Crippen LogP contribution in [-0.4, -0.2) is 41.2 Å². The Kier molecular flexibility index (Phi) is 5.26. The summed E-state index contributed by atoms with van der Waals surface area (Å²) in [4.78, 5) is 50.2. The van der Waals surface area contributed by atoms with Crippen molar-refractivity contribution in [2.24, 2.45) is 0 Å². The van der Waals surface area contributed by atoms with Gasteiger partial charge in [-0.05, 0) is 44.0 Å². The van der Waals surface area contributed by atoms with Crippen LogP contribution in [0.25, 0.3) is 0 Å². The van der Waals surface area contributed by atoms with E-state index in [0.717, 1.165) is 16.0 Å². The Bertz CT molecular complexity index is 927. The number of aryl methyl sites for hydroxylation is 2. The van der Waals surface area contributed by atoms with E-state index in [1.165, 1.54) is 19.1 Å². The van der Waals surface area contributed by atoms with Gasteiger partial charge in [0.25, 0.3) is 17.7 Å². The number of para-hydroxylation sites is 1. The molecule has 7 nitrogen and oxygen atoms in total. The third-order valence-corrected chi connectivity index (χ3v) is 4.64. The maximum atomic E-state index is 12.4. The highest BCUT2D eigenvalue weighted by Gasteiger charge is 2.41. The average molecular weight is 380 g/mol. The number of amides is 3. The number of imide groups is 1. The van der Waals surface area contributed by atoms with Gasteiger partial charge in [-0.15, -0.1) is 0 Å². The molecule has 3 rings (SSSR count). The van der Waals surface area contributed by atoms with E-state index in [1.807, 2.05) is 32.0 Å². The van der Waals surface area contributed by atoms with Crippen molar-refractivity contribution < 1.29 is 23.9 Å². The number of hydrogen-bond donors (Lipinski definition) is 1. The second-order valence-corrected chi connectivity index (χ2v) is 6.62. The zero-order valence-corrected chi connectivity index (χ0v) is 15.8. The molecule has 0 fully saturated rings. The molecule has 0 aromatic heterocycles. The van der Waals surface area contributed by atoms with Gasteiger partial charge in [-0.3, -0.25) is 19.3 Å². The van der Waals surface area contributed by atoms with E-state index in [1.54, 1.807) is 12.1 Å². The molecule has 1 heterocycles. The van der Waals surface area contributed by atoms with Gasteiger partial charge in [0.15, 0.2) is 6.61 Å². The molecule has 0 unspecified atom stereocenters. The number of carbonyl (C=O) groups excluding carboxylic acids is 4. The van der Waals surface area contributed by atoms with Gasteiger partial charge in [-0.1, -0.05) is 30.3 Å². The van der Waals surface area contributed by atoms with E-state index in [4.69, 9.17) is 4.74 Å². The molecule has 0 bridgehead atoms. The van der Waals surface area contributed by atoms with Crippen LogP contribution in [0.15, 0.2) is 42.5 Å². The smallest absolute Gasteiger partial charge is 0.329 e. The maximum absolute atomic E-state index is 12.4. The van der Waals surface area contributed by atoms with E-state index in [2.05, 4.69) is 5.32 Å². The molecular weight excluding hydrogens is 360 g/mol. The number of nitrogens with zero attached hydrogens (tertiary/aromatic N) is 1. The van der Waals surface area contributed by atoms with Gasteiger partial charge >= 0.3 is 5.97 Å². The van der Waals surface area contributed by atoms with Crippen LogP contribution >= 0.6 is 0 Å². The first-order valence-electron chi connectivity index (χ1n) is 8.81. The Morgan fingerprint density at radius 3 is 2.04 bits per heavy atom. The minimum absolute atomic E-state index is 0.250. The molecule has 0 saturated carbocycles. The number of benzene rings is 2. The monoisotopic (exact) mass is 380 g/mol. The summed E-state index contributed by atoms with van der Waals surface area (Å²) in [6, 6.07) is 10.8. The number of esters is 1. The predicted octanol–water partition coefficient (Wildman–Crippen LogP) is 2.47. The Labute approximate surface area is 162 Å². The standard InChI is InChI=1S/C21H20N2O5/c1-12-7-6-8-13(2)18(12)22-17(24)11-28-21(27)14(3)23-19(25)15-9-4-5-10-16(15)20(23)26/h4-10,14H,11H2,1-3H3,(H,22,24)/t14-/m1/s1. The van der Waals surface area contributed by atoms with Crippen LogP contribution in [0, 0.1) is 13.8 Å². The van der Waals surface area contributed by atoms with Crippen molar-refractivity contribution in [2.45, 2.75) is 26.8 Å². The lowest BCUT2D eigenvalue weighted by Crippen LogP contribution is -2.44. The Hall–Kier alpha value is -3.48. The second-order valence-electron chi connectivity index (χ2n) is 6.62. The third-order valence-electron chi connectivity index (χ3n) is 4.64. The Morgan fingerprint density at radius 2 is 1.50 bits per heavy atom. The Balaban J connectivity index is 1.62. The van der Waals surface area contributed by atoms with Crippen molar-refractivity contribution in [1.29, 1.82) is 0 Å². The van der Waals surface area contributed by atoms with E-state index >= 15 is 0 Å². The fourth-order valence-electron chi connectivity index (χ4n) is 3.11. The normalized spacial score (nSPS) is 13.9. The fourth-order valence-corrected chi connectivity index (χ4v) is 3.11. The topological polar surface area (TPSA) is 92.8 Å². The molecule has 3 amide bonds. The zero-order valence-electron chi connectivity index (χ0n) is 15.8. The van der Waals surface area contributed by atoms with Crippen molar-refractivity contribution in [3.8, 4) is 0 Å². The van der Waals surface area contributed by atoms with Gasteiger partial charge in [0.1, 0.15) is 6.04 Å². The summed E-state index contributed by atoms with van der Waals surface area (Å²) in [6.45, 7) is 4.60. The van der Waals surface area contributed by atoms with Crippen molar-refractivity contribution in [3.05, 3.63) is 64.7 Å². The molecule has 0 saturated heterocycles. The number of nitrogens with one attached hydrogen (secondary N) is 1. The second kappa shape index (κ2) is 7.64. The number of anilines is 1. The Morgan fingerprint density at radius 1 is 0.964 bits per heavy atom. The van der Waals surface area contributed by atoms with Crippen molar-refractivity contribution >= 4 is 29.4 Å². The molecular formula is C21H20N2O5. The largest absolute Gasteiger partial charge is 0.454 e. The van der Waals surface area contributed by atoms with Gasteiger partial charge in [0, 0.05) is 5.69 Å². The fraction of sp³-hybridized carbons (Fsp3) is 0.238. The van der Waals surface area contributed by atoms with E-state index in [0.29, 0.717) is 5.69 Å². The van der Waals surface area contributed by atoms with Gasteiger partial charge in [-0.25, -0.2) is 4.79 Å². The lowest BCUT2D eigenvalue weighted by Gasteiger charge is -2.21. The van der Waals surface area contributed by atoms with E-state index in [9.17, 15) is 19.2 Å². The quantitative estimate of drug-likeness (QED) is 0.635. The first-order valence-corrected chi connectivity index (χ1v) is 8.81. The molecule has 0 aliphatic carbocycles. The lowest BCUT2D eigenvalue weighted by molar-refractivity contribution is -0.150. The van der Waals surface area contributed by atoms with Crippen LogP contribution in [0.1, 0.15) is 38.8 Å². The minimum atomic E-state index is -1.14. The maximum Gasteiger partial charge on any atom is 0.329 e. The summed E-state index contributed by atoms with van der Waals surface area (Å²) in [5.74, 6) is -2.43. The van der Waals surface area contributed by atoms with E-state index in [-0.39, 0.29) is 11.1 Å². The lowest BCUT2D eigenvalue weighted by atomic mass is 10.1. The van der Waals surface area contributed by atoms with Crippen LogP contribution in [0.2, 0.25) is 0 Å². The van der Waals surface area contributed by atoms with Crippen LogP contribution < -0.4 is 5.32 Å². The first kappa shape index (κ1) is 19.3. The molecule has 2 aromatic carbocycles. The zero-order chi connectivity index (χ0) is 20.4. The van der Waals surface area contributed by atoms with Crippen LogP contribution in [0.3, 0.4) is 0 Å². The molecule has 7 heteroatoms. The molecule has 1 atom stereocenters. The summed E-state index contributed by atoms with van der Waals surface area (Å²) in [5.41, 5.74) is 2.94. The van der Waals surface area contributed by atoms with Crippen molar-refractivity contribution in [2.75, 3.05) is 11.9 Å². The SMILES string of the molecule is Cc1cccc(C)c1NC(=O)COC(=O)[C@@H](C)N1C(=O)c2ccccc2C1=O. The van der Waals surface area contributed by atoms with Gasteiger partial charge in [-0.2, -0.15) is 0 Å². The van der Waals surface area contributed by atoms with Crippen LogP contribution in [0.4, 0.5) is 5.69 Å². The summed E-state index contributed by atoms with van der Waals surface area (Å²) < 4.78 is 5.03. The molecule has 1 aliphatic rings. The molecule has 1 aliphatic heterocycles. The highest BCUT2D eigenvalue weighted by Crippen LogP contribution is 2.25. The number of rotatable bonds is 5.